The zero-order valence-electron chi connectivity index (χ0n) is 10.6. The molecule has 0 saturated heterocycles. The van der Waals surface area contributed by atoms with Gasteiger partial charge in [0.15, 0.2) is 0 Å². The van der Waals surface area contributed by atoms with Crippen LogP contribution in [-0.2, 0) is 0 Å². The molecule has 0 aliphatic heterocycles. The summed E-state index contributed by atoms with van der Waals surface area (Å²) in [6.45, 7) is 0.733. The molecule has 1 aromatic carbocycles. The number of hydrogen-bond donors (Lipinski definition) is 1. The smallest absolute Gasteiger partial charge is 0.00425 e. The van der Waals surface area contributed by atoms with Crippen LogP contribution in [0, 0.1) is 0 Å². The van der Waals surface area contributed by atoms with Gasteiger partial charge in [-0.25, -0.2) is 0 Å². The largest absolute Gasteiger partial charge is 0.330 e. The van der Waals surface area contributed by atoms with Crippen LogP contribution in [0.5, 0.6) is 0 Å². The Bertz CT molecular complexity index is 344. The maximum atomic E-state index is 5.46. The minimum absolute atomic E-state index is 0.733. The summed E-state index contributed by atoms with van der Waals surface area (Å²) < 4.78 is 0. The summed E-state index contributed by atoms with van der Waals surface area (Å²) in [6, 6.07) is 9.07. The van der Waals surface area contributed by atoms with Gasteiger partial charge in [-0.1, -0.05) is 55.7 Å². The van der Waals surface area contributed by atoms with Crippen molar-refractivity contribution in [2.45, 2.75) is 44.4 Å². The Kier molecular flexibility index (Phi) is 4.81. The Morgan fingerprint density at radius 3 is 2.41 bits per heavy atom. The summed E-state index contributed by atoms with van der Waals surface area (Å²) in [6.07, 6.45) is 12.3. The van der Waals surface area contributed by atoms with E-state index in [1.807, 2.05) is 0 Å². The SMILES string of the molecule is NCC/C=C/c1ccc(C2CCCCC2)cc1. The third kappa shape index (κ3) is 3.71. The van der Waals surface area contributed by atoms with Crippen LogP contribution in [0.2, 0.25) is 0 Å². The van der Waals surface area contributed by atoms with Crippen LogP contribution < -0.4 is 5.73 Å². The molecule has 0 amide bonds. The number of nitrogens with two attached hydrogens (primary N) is 1. The molecule has 1 fully saturated rings. The lowest BCUT2D eigenvalue weighted by molar-refractivity contribution is 0.443. The monoisotopic (exact) mass is 229 g/mol. The lowest BCUT2D eigenvalue weighted by Gasteiger charge is -2.21. The first-order valence-electron chi connectivity index (χ1n) is 6.87. The number of rotatable bonds is 4. The van der Waals surface area contributed by atoms with Gasteiger partial charge >= 0.3 is 0 Å². The van der Waals surface area contributed by atoms with Crippen LogP contribution in [0.15, 0.2) is 30.3 Å². The van der Waals surface area contributed by atoms with Crippen molar-refractivity contribution in [3.8, 4) is 0 Å². The molecule has 1 aliphatic carbocycles. The van der Waals surface area contributed by atoms with E-state index >= 15 is 0 Å². The third-order valence-electron chi connectivity index (χ3n) is 3.66. The Labute approximate surface area is 105 Å². The summed E-state index contributed by atoms with van der Waals surface area (Å²) in [5.74, 6) is 0.811. The van der Waals surface area contributed by atoms with E-state index in [-0.39, 0.29) is 0 Å². The Morgan fingerprint density at radius 1 is 1.06 bits per heavy atom. The van der Waals surface area contributed by atoms with Crippen molar-refractivity contribution < 1.29 is 0 Å². The van der Waals surface area contributed by atoms with Crippen LogP contribution in [0.3, 0.4) is 0 Å². The zero-order valence-corrected chi connectivity index (χ0v) is 10.6. The van der Waals surface area contributed by atoms with Crippen LogP contribution in [0.25, 0.3) is 6.08 Å². The van der Waals surface area contributed by atoms with Crippen LogP contribution in [0.1, 0.15) is 55.6 Å². The maximum Gasteiger partial charge on any atom is -0.00425 e. The summed E-state index contributed by atoms with van der Waals surface area (Å²) in [5.41, 5.74) is 8.28. The first kappa shape index (κ1) is 12.4. The van der Waals surface area contributed by atoms with Gasteiger partial charge in [-0.05, 0) is 42.9 Å². The molecule has 1 heteroatoms. The average molecular weight is 229 g/mol. The van der Waals surface area contributed by atoms with E-state index in [1.54, 1.807) is 0 Å². The van der Waals surface area contributed by atoms with Crippen molar-refractivity contribution in [1.29, 1.82) is 0 Å². The number of hydrogen-bond acceptors (Lipinski definition) is 1. The van der Waals surface area contributed by atoms with E-state index in [1.165, 1.54) is 43.2 Å². The first-order valence-corrected chi connectivity index (χ1v) is 6.87. The number of benzene rings is 1. The molecule has 1 aromatic rings. The van der Waals surface area contributed by atoms with E-state index in [2.05, 4.69) is 36.4 Å². The molecular formula is C16H23N. The predicted octanol–water partition coefficient (Wildman–Crippen LogP) is 4.10. The lowest BCUT2D eigenvalue weighted by atomic mass is 9.84. The molecule has 0 radical (unpaired) electrons. The summed E-state index contributed by atoms with van der Waals surface area (Å²) >= 11 is 0. The Balaban J connectivity index is 1.97. The Hall–Kier alpha value is -1.08. The molecule has 2 N–H and O–H groups in total. The van der Waals surface area contributed by atoms with E-state index in [4.69, 9.17) is 5.73 Å². The summed E-state index contributed by atoms with van der Waals surface area (Å²) in [7, 11) is 0. The standard InChI is InChI=1S/C16H23N/c17-13-5-4-6-14-9-11-16(12-10-14)15-7-2-1-3-8-15/h4,6,9-12,15H,1-3,5,7-8,13,17H2/b6-4+. The highest BCUT2D eigenvalue weighted by Gasteiger charge is 2.14. The average Bonchev–Trinajstić information content (AvgIpc) is 2.41. The second-order valence-electron chi connectivity index (χ2n) is 4.98. The maximum absolute atomic E-state index is 5.46. The quantitative estimate of drug-likeness (QED) is 0.826. The predicted molar refractivity (Wildman–Crippen MR) is 75.0 cm³/mol. The van der Waals surface area contributed by atoms with Gasteiger partial charge in [0.05, 0.1) is 0 Å². The van der Waals surface area contributed by atoms with Gasteiger partial charge in [0.2, 0.25) is 0 Å². The van der Waals surface area contributed by atoms with Gasteiger partial charge in [-0.2, -0.15) is 0 Å². The van der Waals surface area contributed by atoms with E-state index < -0.39 is 0 Å². The van der Waals surface area contributed by atoms with Gasteiger partial charge < -0.3 is 5.73 Å². The summed E-state index contributed by atoms with van der Waals surface area (Å²) in [4.78, 5) is 0. The third-order valence-corrected chi connectivity index (χ3v) is 3.66. The van der Waals surface area contributed by atoms with Gasteiger partial charge in [-0.15, -0.1) is 0 Å². The molecule has 0 heterocycles. The first-order chi connectivity index (χ1) is 8.40. The van der Waals surface area contributed by atoms with Crippen molar-refractivity contribution in [1.82, 2.24) is 0 Å². The normalized spacial score (nSPS) is 17.7. The molecule has 0 unspecified atom stereocenters. The van der Waals surface area contributed by atoms with Crippen LogP contribution in [0.4, 0.5) is 0 Å². The van der Waals surface area contributed by atoms with E-state index in [0.29, 0.717) is 0 Å². The fourth-order valence-corrected chi connectivity index (χ4v) is 2.63. The van der Waals surface area contributed by atoms with Crippen LogP contribution >= 0.6 is 0 Å². The zero-order chi connectivity index (χ0) is 11.9. The second-order valence-corrected chi connectivity index (χ2v) is 4.98. The molecule has 1 saturated carbocycles. The molecule has 1 nitrogen and oxygen atoms in total. The van der Waals surface area contributed by atoms with E-state index in [9.17, 15) is 0 Å². The minimum Gasteiger partial charge on any atom is -0.330 e. The van der Waals surface area contributed by atoms with Gasteiger partial charge in [0.25, 0.3) is 0 Å². The molecule has 17 heavy (non-hydrogen) atoms. The van der Waals surface area contributed by atoms with Gasteiger partial charge in [-0.3, -0.25) is 0 Å². The fraction of sp³-hybridized carbons (Fsp3) is 0.500. The molecule has 0 atom stereocenters. The topological polar surface area (TPSA) is 26.0 Å². The molecular weight excluding hydrogens is 206 g/mol. The van der Waals surface area contributed by atoms with Crippen molar-refractivity contribution >= 4 is 6.08 Å². The second kappa shape index (κ2) is 6.61. The van der Waals surface area contributed by atoms with Crippen molar-refractivity contribution in [3.05, 3.63) is 41.5 Å². The lowest BCUT2D eigenvalue weighted by Crippen LogP contribution is -2.04. The fourth-order valence-electron chi connectivity index (χ4n) is 2.63. The minimum atomic E-state index is 0.733. The molecule has 0 aromatic heterocycles. The summed E-state index contributed by atoms with van der Waals surface area (Å²) in [5, 5.41) is 0. The van der Waals surface area contributed by atoms with Crippen molar-refractivity contribution in [2.75, 3.05) is 6.54 Å². The highest BCUT2D eigenvalue weighted by atomic mass is 14.5. The van der Waals surface area contributed by atoms with Gasteiger partial charge in [0, 0.05) is 0 Å². The highest BCUT2D eigenvalue weighted by molar-refractivity contribution is 5.49. The van der Waals surface area contributed by atoms with Crippen molar-refractivity contribution in [3.63, 3.8) is 0 Å². The molecule has 0 spiro atoms. The van der Waals surface area contributed by atoms with E-state index in [0.717, 1.165) is 18.9 Å². The van der Waals surface area contributed by atoms with Crippen LogP contribution in [-0.4, -0.2) is 6.54 Å². The molecule has 2 rings (SSSR count). The van der Waals surface area contributed by atoms with Gasteiger partial charge in [0.1, 0.15) is 0 Å². The molecule has 92 valence electrons. The highest BCUT2D eigenvalue weighted by Crippen LogP contribution is 2.32. The van der Waals surface area contributed by atoms with Crippen molar-refractivity contribution in [2.24, 2.45) is 5.73 Å². The molecule has 1 aliphatic rings. The Morgan fingerprint density at radius 2 is 1.76 bits per heavy atom. The molecule has 0 bridgehead atoms.